The summed E-state index contributed by atoms with van der Waals surface area (Å²) < 4.78 is 0. The van der Waals surface area contributed by atoms with Gasteiger partial charge in [-0.2, -0.15) is 4.98 Å². The summed E-state index contributed by atoms with van der Waals surface area (Å²) in [7, 11) is 0. The van der Waals surface area contributed by atoms with Gasteiger partial charge in [-0.1, -0.05) is 0 Å². The predicted octanol–water partition coefficient (Wildman–Crippen LogP) is 0.422. The minimum absolute atomic E-state index is 0.0964. The Balaban J connectivity index is 2.02. The Hall–Kier alpha value is -1.59. The molecular formula is C9H14N4O2. The van der Waals surface area contributed by atoms with E-state index in [-0.39, 0.29) is 6.42 Å². The van der Waals surface area contributed by atoms with E-state index in [1.807, 2.05) is 0 Å². The third-order valence-corrected chi connectivity index (χ3v) is 2.48. The first-order valence-corrected chi connectivity index (χ1v) is 5.14. The molecule has 1 aliphatic rings. The van der Waals surface area contributed by atoms with Crippen LogP contribution in [0.2, 0.25) is 0 Å². The number of nitrogens with zero attached hydrogens (tertiary/aromatic N) is 3. The smallest absolute Gasteiger partial charge is 0.311 e. The number of carbonyl (C=O) groups is 1. The van der Waals surface area contributed by atoms with Gasteiger partial charge in [0.2, 0.25) is 5.95 Å². The monoisotopic (exact) mass is 210 g/mol. The largest absolute Gasteiger partial charge is 0.481 e. The van der Waals surface area contributed by atoms with Crippen LogP contribution in [0.1, 0.15) is 25.1 Å². The van der Waals surface area contributed by atoms with E-state index < -0.39 is 5.97 Å². The first-order valence-electron chi connectivity index (χ1n) is 5.14. The number of hydrogen-bond acceptors (Lipinski definition) is 4. The Labute approximate surface area is 87.3 Å². The summed E-state index contributed by atoms with van der Waals surface area (Å²) in [6.45, 7) is 1.93. The summed E-state index contributed by atoms with van der Waals surface area (Å²) >= 11 is 0. The van der Waals surface area contributed by atoms with Crippen molar-refractivity contribution in [3.63, 3.8) is 0 Å². The van der Waals surface area contributed by atoms with Gasteiger partial charge in [-0.05, 0) is 19.3 Å². The average molecular weight is 210 g/mol. The standard InChI is InChI=1S/C9H14N4O2/c14-8(15)6-7-10-9(12-11-7)13-4-2-1-3-5-13/h1-6H2,(H,14,15)(H,10,11,12). The van der Waals surface area contributed by atoms with Crippen LogP contribution in [-0.2, 0) is 11.2 Å². The van der Waals surface area contributed by atoms with Crippen LogP contribution in [0.3, 0.4) is 0 Å². The van der Waals surface area contributed by atoms with Crippen molar-refractivity contribution in [2.75, 3.05) is 18.0 Å². The summed E-state index contributed by atoms with van der Waals surface area (Å²) in [5.74, 6) is 0.158. The number of aromatic amines is 1. The van der Waals surface area contributed by atoms with Gasteiger partial charge in [-0.25, -0.2) is 0 Å². The van der Waals surface area contributed by atoms with Crippen LogP contribution >= 0.6 is 0 Å². The van der Waals surface area contributed by atoms with Crippen LogP contribution in [0.15, 0.2) is 0 Å². The Morgan fingerprint density at radius 2 is 2.13 bits per heavy atom. The molecule has 2 heterocycles. The summed E-state index contributed by atoms with van der Waals surface area (Å²) in [6.07, 6.45) is 3.47. The predicted molar refractivity (Wildman–Crippen MR) is 53.8 cm³/mol. The number of rotatable bonds is 3. The molecule has 0 aliphatic carbocycles. The lowest BCUT2D eigenvalue weighted by Gasteiger charge is -2.24. The van der Waals surface area contributed by atoms with Crippen molar-refractivity contribution in [3.05, 3.63) is 5.82 Å². The molecule has 1 aromatic rings. The first-order chi connectivity index (χ1) is 7.25. The molecule has 1 fully saturated rings. The molecular weight excluding hydrogens is 196 g/mol. The quantitative estimate of drug-likeness (QED) is 0.755. The molecule has 0 radical (unpaired) electrons. The van der Waals surface area contributed by atoms with Crippen LogP contribution in [0, 0.1) is 0 Å². The van der Waals surface area contributed by atoms with Crippen molar-refractivity contribution < 1.29 is 9.90 Å². The number of anilines is 1. The van der Waals surface area contributed by atoms with Gasteiger partial charge in [0.1, 0.15) is 12.2 Å². The SMILES string of the molecule is O=C(O)Cc1nc(N2CCCCC2)n[nH]1. The van der Waals surface area contributed by atoms with E-state index in [1.54, 1.807) is 0 Å². The molecule has 0 atom stereocenters. The second-order valence-electron chi connectivity index (χ2n) is 3.70. The van der Waals surface area contributed by atoms with E-state index in [0.29, 0.717) is 11.8 Å². The molecule has 0 amide bonds. The maximum atomic E-state index is 10.5. The Morgan fingerprint density at radius 3 is 2.80 bits per heavy atom. The number of piperidine rings is 1. The van der Waals surface area contributed by atoms with E-state index in [4.69, 9.17) is 5.11 Å². The van der Waals surface area contributed by atoms with Gasteiger partial charge in [-0.3, -0.25) is 9.89 Å². The molecule has 1 aliphatic heterocycles. The molecule has 1 saturated heterocycles. The van der Waals surface area contributed by atoms with E-state index >= 15 is 0 Å². The third kappa shape index (κ3) is 2.45. The van der Waals surface area contributed by atoms with Crippen LogP contribution in [0.5, 0.6) is 0 Å². The molecule has 15 heavy (non-hydrogen) atoms. The lowest BCUT2D eigenvalue weighted by atomic mass is 10.1. The van der Waals surface area contributed by atoms with Crippen LogP contribution in [0.4, 0.5) is 5.95 Å². The van der Waals surface area contributed by atoms with Crippen molar-refractivity contribution in [3.8, 4) is 0 Å². The second kappa shape index (κ2) is 4.29. The van der Waals surface area contributed by atoms with Gasteiger partial charge < -0.3 is 10.0 Å². The van der Waals surface area contributed by atoms with Gasteiger partial charge in [0.05, 0.1) is 0 Å². The highest BCUT2D eigenvalue weighted by atomic mass is 16.4. The minimum Gasteiger partial charge on any atom is -0.481 e. The van der Waals surface area contributed by atoms with E-state index in [1.165, 1.54) is 6.42 Å². The number of carboxylic acids is 1. The fourth-order valence-electron chi connectivity index (χ4n) is 1.74. The van der Waals surface area contributed by atoms with Gasteiger partial charge >= 0.3 is 5.97 Å². The van der Waals surface area contributed by atoms with Gasteiger partial charge in [0.25, 0.3) is 0 Å². The molecule has 2 rings (SSSR count). The third-order valence-electron chi connectivity index (χ3n) is 2.48. The zero-order chi connectivity index (χ0) is 10.7. The molecule has 0 bridgehead atoms. The molecule has 2 N–H and O–H groups in total. The maximum absolute atomic E-state index is 10.5. The van der Waals surface area contributed by atoms with Crippen molar-refractivity contribution >= 4 is 11.9 Å². The molecule has 0 unspecified atom stereocenters. The lowest BCUT2D eigenvalue weighted by molar-refractivity contribution is -0.136. The number of aliphatic carboxylic acids is 1. The van der Waals surface area contributed by atoms with Gasteiger partial charge in [0, 0.05) is 13.1 Å². The van der Waals surface area contributed by atoms with Crippen molar-refractivity contribution in [1.29, 1.82) is 0 Å². The first kappa shape index (κ1) is 9.95. The zero-order valence-electron chi connectivity index (χ0n) is 8.44. The van der Waals surface area contributed by atoms with E-state index in [9.17, 15) is 4.79 Å². The molecule has 6 nitrogen and oxygen atoms in total. The van der Waals surface area contributed by atoms with Crippen LogP contribution in [-0.4, -0.2) is 39.3 Å². The summed E-state index contributed by atoms with van der Waals surface area (Å²) in [6, 6.07) is 0. The summed E-state index contributed by atoms with van der Waals surface area (Å²) in [5.41, 5.74) is 0. The number of carboxylic acid groups (broad SMARTS) is 1. The number of hydrogen-bond donors (Lipinski definition) is 2. The molecule has 0 saturated carbocycles. The van der Waals surface area contributed by atoms with Crippen LogP contribution < -0.4 is 4.90 Å². The lowest BCUT2D eigenvalue weighted by Crippen LogP contribution is -2.30. The molecule has 1 aromatic heterocycles. The molecule has 82 valence electrons. The molecule has 6 heteroatoms. The Morgan fingerprint density at radius 1 is 1.40 bits per heavy atom. The van der Waals surface area contributed by atoms with Gasteiger partial charge in [-0.15, -0.1) is 5.10 Å². The highest BCUT2D eigenvalue weighted by Gasteiger charge is 2.15. The number of H-pyrrole nitrogens is 1. The molecule has 0 spiro atoms. The number of aromatic nitrogens is 3. The van der Waals surface area contributed by atoms with E-state index in [0.717, 1.165) is 25.9 Å². The van der Waals surface area contributed by atoms with Crippen molar-refractivity contribution in [2.45, 2.75) is 25.7 Å². The minimum atomic E-state index is -0.892. The highest BCUT2D eigenvalue weighted by molar-refractivity contribution is 5.69. The zero-order valence-corrected chi connectivity index (χ0v) is 8.44. The van der Waals surface area contributed by atoms with Gasteiger partial charge in [0.15, 0.2) is 0 Å². The van der Waals surface area contributed by atoms with Crippen molar-refractivity contribution in [2.24, 2.45) is 0 Å². The van der Waals surface area contributed by atoms with Crippen LogP contribution in [0.25, 0.3) is 0 Å². The van der Waals surface area contributed by atoms with Crippen molar-refractivity contribution in [1.82, 2.24) is 15.2 Å². The number of nitrogens with one attached hydrogen (secondary N) is 1. The molecule has 0 aromatic carbocycles. The second-order valence-corrected chi connectivity index (χ2v) is 3.70. The Bertz CT molecular complexity index is 344. The summed E-state index contributed by atoms with van der Waals surface area (Å²) in [4.78, 5) is 16.7. The van der Waals surface area contributed by atoms with E-state index in [2.05, 4.69) is 20.1 Å². The topological polar surface area (TPSA) is 82.1 Å². The fraction of sp³-hybridized carbons (Fsp3) is 0.667. The highest BCUT2D eigenvalue weighted by Crippen LogP contribution is 2.14. The maximum Gasteiger partial charge on any atom is 0.311 e. The normalized spacial score (nSPS) is 16.7. The fourth-order valence-corrected chi connectivity index (χ4v) is 1.74. The summed E-state index contributed by atoms with van der Waals surface area (Å²) in [5, 5.41) is 15.3. The average Bonchev–Trinajstić information content (AvgIpc) is 2.67. The Kier molecular flexibility index (Phi) is 2.84.